The van der Waals surface area contributed by atoms with Gasteiger partial charge in [-0.1, -0.05) is 18.2 Å². The van der Waals surface area contributed by atoms with Crippen molar-refractivity contribution in [2.45, 2.75) is 12.5 Å². The number of para-hydroxylation sites is 1. The molecule has 0 bridgehead atoms. The van der Waals surface area contributed by atoms with E-state index in [0.29, 0.717) is 12.0 Å². The highest BCUT2D eigenvalue weighted by Crippen LogP contribution is 2.23. The van der Waals surface area contributed by atoms with Crippen LogP contribution in [-0.4, -0.2) is 36.1 Å². The van der Waals surface area contributed by atoms with Gasteiger partial charge in [0.15, 0.2) is 0 Å². The Labute approximate surface area is 124 Å². The molecule has 2 heterocycles. The van der Waals surface area contributed by atoms with E-state index in [9.17, 15) is 0 Å². The average molecular weight is 284 g/mol. The number of rotatable bonds is 4. The third-order valence-corrected chi connectivity index (χ3v) is 3.70. The lowest BCUT2D eigenvalue weighted by atomic mass is 10.3. The average Bonchev–Trinajstić information content (AvgIpc) is 2.97. The Morgan fingerprint density at radius 3 is 2.76 bits per heavy atom. The first-order valence-corrected chi connectivity index (χ1v) is 7.13. The summed E-state index contributed by atoms with van der Waals surface area (Å²) in [6, 6.07) is 12.4. The number of hydrogen-bond acceptors (Lipinski definition) is 6. The fraction of sp³-hybridized carbons (Fsp3) is 0.333. The van der Waals surface area contributed by atoms with Crippen LogP contribution in [0.1, 0.15) is 6.42 Å². The minimum Gasteiger partial charge on any atom is -0.368 e. The largest absolute Gasteiger partial charge is 0.368 e. The van der Waals surface area contributed by atoms with Crippen LogP contribution in [0.2, 0.25) is 0 Å². The second kappa shape index (κ2) is 5.97. The van der Waals surface area contributed by atoms with E-state index in [0.717, 1.165) is 36.8 Å². The summed E-state index contributed by atoms with van der Waals surface area (Å²) in [7, 11) is 1.99. The van der Waals surface area contributed by atoms with Crippen molar-refractivity contribution in [3.05, 3.63) is 36.4 Å². The van der Waals surface area contributed by atoms with E-state index in [-0.39, 0.29) is 0 Å². The first-order valence-electron chi connectivity index (χ1n) is 7.13. The third kappa shape index (κ3) is 3.22. The van der Waals surface area contributed by atoms with Crippen LogP contribution >= 0.6 is 0 Å². The van der Waals surface area contributed by atoms with Gasteiger partial charge in [0.25, 0.3) is 0 Å². The molecule has 1 fully saturated rings. The highest BCUT2D eigenvalue weighted by Gasteiger charge is 2.22. The second-order valence-corrected chi connectivity index (χ2v) is 5.18. The number of hydrogen-bond donors (Lipinski definition) is 3. The molecule has 6 heteroatoms. The molecule has 1 aliphatic rings. The third-order valence-electron chi connectivity index (χ3n) is 3.70. The van der Waals surface area contributed by atoms with Gasteiger partial charge in [-0.15, -0.1) is 0 Å². The van der Waals surface area contributed by atoms with Crippen molar-refractivity contribution in [1.82, 2.24) is 15.3 Å². The van der Waals surface area contributed by atoms with Crippen molar-refractivity contribution in [2.75, 3.05) is 36.1 Å². The van der Waals surface area contributed by atoms with Crippen LogP contribution in [0.3, 0.4) is 0 Å². The predicted octanol–water partition coefficient (Wildman–Crippen LogP) is 1.60. The van der Waals surface area contributed by atoms with Crippen molar-refractivity contribution in [3.63, 3.8) is 0 Å². The molecule has 1 saturated heterocycles. The molecule has 1 unspecified atom stereocenters. The minimum atomic E-state index is 0.291. The van der Waals surface area contributed by atoms with Crippen LogP contribution in [0, 0.1) is 0 Å². The molecule has 1 atom stereocenters. The molecule has 1 aromatic heterocycles. The number of nitrogens with zero attached hydrogens (tertiary/aromatic N) is 3. The maximum Gasteiger partial charge on any atom is 0.223 e. The lowest BCUT2D eigenvalue weighted by molar-refractivity contribution is 0.616. The van der Waals surface area contributed by atoms with Crippen molar-refractivity contribution < 1.29 is 0 Å². The first-order chi connectivity index (χ1) is 10.2. The summed E-state index contributed by atoms with van der Waals surface area (Å²) in [5, 5.41) is 6.56. The maximum absolute atomic E-state index is 5.84. The van der Waals surface area contributed by atoms with Crippen molar-refractivity contribution in [1.29, 1.82) is 0 Å². The van der Waals surface area contributed by atoms with Crippen LogP contribution in [0.15, 0.2) is 36.4 Å². The van der Waals surface area contributed by atoms with Gasteiger partial charge >= 0.3 is 0 Å². The van der Waals surface area contributed by atoms with E-state index in [2.05, 4.69) is 25.5 Å². The van der Waals surface area contributed by atoms with E-state index >= 15 is 0 Å². The number of nitrogens with two attached hydrogens (primary N) is 1. The number of nitrogens with one attached hydrogen (secondary N) is 2. The molecule has 21 heavy (non-hydrogen) atoms. The van der Waals surface area contributed by atoms with Crippen LogP contribution in [0.5, 0.6) is 0 Å². The first kappa shape index (κ1) is 13.6. The Kier molecular flexibility index (Phi) is 3.87. The van der Waals surface area contributed by atoms with E-state index in [1.807, 2.05) is 43.4 Å². The molecule has 0 radical (unpaired) electrons. The molecule has 0 amide bonds. The molecule has 6 nitrogen and oxygen atoms in total. The summed E-state index contributed by atoms with van der Waals surface area (Å²) in [6.07, 6.45) is 1.11. The van der Waals surface area contributed by atoms with Gasteiger partial charge in [0, 0.05) is 30.9 Å². The van der Waals surface area contributed by atoms with Gasteiger partial charge in [-0.3, -0.25) is 0 Å². The molecule has 0 aliphatic carbocycles. The van der Waals surface area contributed by atoms with Crippen LogP contribution in [-0.2, 0) is 0 Å². The van der Waals surface area contributed by atoms with Crippen LogP contribution in [0.4, 0.5) is 23.3 Å². The molecule has 3 rings (SSSR count). The molecule has 1 aromatic carbocycles. The van der Waals surface area contributed by atoms with E-state index in [1.165, 1.54) is 0 Å². The van der Waals surface area contributed by atoms with E-state index in [1.54, 1.807) is 0 Å². The van der Waals surface area contributed by atoms with E-state index in [4.69, 9.17) is 5.73 Å². The van der Waals surface area contributed by atoms with Gasteiger partial charge in [-0.05, 0) is 25.6 Å². The molecule has 0 saturated carbocycles. The predicted molar refractivity (Wildman–Crippen MR) is 85.8 cm³/mol. The Morgan fingerprint density at radius 2 is 2.05 bits per heavy atom. The highest BCUT2D eigenvalue weighted by molar-refractivity contribution is 5.61. The fourth-order valence-electron chi connectivity index (χ4n) is 2.55. The Balaban J connectivity index is 1.80. The van der Waals surface area contributed by atoms with Gasteiger partial charge < -0.3 is 21.3 Å². The quantitative estimate of drug-likeness (QED) is 0.791. The van der Waals surface area contributed by atoms with Gasteiger partial charge in [-0.25, -0.2) is 0 Å². The summed E-state index contributed by atoms with van der Waals surface area (Å²) in [5.41, 5.74) is 6.83. The number of likely N-dealkylation sites (N-methyl/N-ethyl adjacent to an activating group) is 1. The monoisotopic (exact) mass is 284 g/mol. The summed E-state index contributed by atoms with van der Waals surface area (Å²) in [5.74, 6) is 1.88. The molecule has 2 aromatic rings. The molecule has 1 aliphatic heterocycles. The highest BCUT2D eigenvalue weighted by atomic mass is 15.3. The lowest BCUT2D eigenvalue weighted by Gasteiger charge is -2.18. The molecular formula is C15H20N6. The van der Waals surface area contributed by atoms with Crippen molar-refractivity contribution in [2.24, 2.45) is 0 Å². The minimum absolute atomic E-state index is 0.291. The molecular weight excluding hydrogens is 264 g/mol. The zero-order valence-electron chi connectivity index (χ0n) is 12.1. The van der Waals surface area contributed by atoms with Gasteiger partial charge in [-0.2, -0.15) is 9.97 Å². The summed E-state index contributed by atoms with van der Waals surface area (Å²) < 4.78 is 0. The number of anilines is 4. The topological polar surface area (TPSA) is 79.1 Å². The SMILES string of the molecule is CNC1CCN(c2cc(Nc3ccccc3)nc(N)n2)C1. The summed E-state index contributed by atoms with van der Waals surface area (Å²) in [4.78, 5) is 10.8. The zero-order chi connectivity index (χ0) is 14.7. The molecule has 110 valence electrons. The lowest BCUT2D eigenvalue weighted by Crippen LogP contribution is -2.30. The molecule has 4 N–H and O–H groups in total. The fourth-order valence-corrected chi connectivity index (χ4v) is 2.55. The van der Waals surface area contributed by atoms with Crippen molar-refractivity contribution >= 4 is 23.3 Å². The van der Waals surface area contributed by atoms with Crippen LogP contribution in [0.25, 0.3) is 0 Å². The van der Waals surface area contributed by atoms with Gasteiger partial charge in [0.2, 0.25) is 5.95 Å². The van der Waals surface area contributed by atoms with Gasteiger partial charge in [0.1, 0.15) is 11.6 Å². The Morgan fingerprint density at radius 1 is 1.24 bits per heavy atom. The summed E-state index contributed by atoms with van der Waals surface area (Å²) in [6.45, 7) is 1.92. The van der Waals surface area contributed by atoms with Crippen LogP contribution < -0.4 is 21.3 Å². The van der Waals surface area contributed by atoms with Crippen molar-refractivity contribution in [3.8, 4) is 0 Å². The smallest absolute Gasteiger partial charge is 0.223 e. The van der Waals surface area contributed by atoms with Gasteiger partial charge in [0.05, 0.1) is 0 Å². The Hall–Kier alpha value is -2.34. The number of nitrogen functional groups attached to an aromatic ring is 1. The maximum atomic E-state index is 5.84. The molecule has 0 spiro atoms. The standard InChI is InChI=1S/C15H20N6/c1-17-12-7-8-21(10-12)14-9-13(19-15(16)20-14)18-11-5-3-2-4-6-11/h2-6,9,12,17H,7-8,10H2,1H3,(H3,16,18,19,20). The zero-order valence-corrected chi connectivity index (χ0v) is 12.1. The summed E-state index contributed by atoms with van der Waals surface area (Å²) >= 11 is 0. The van der Waals surface area contributed by atoms with E-state index < -0.39 is 0 Å². The number of aromatic nitrogens is 2. The number of benzene rings is 1. The normalized spacial score (nSPS) is 18.0. The Bertz CT molecular complexity index is 600. The second-order valence-electron chi connectivity index (χ2n) is 5.18.